The molecule has 3 heterocycles. The summed E-state index contributed by atoms with van der Waals surface area (Å²) >= 11 is 1.60. The molecule has 0 radical (unpaired) electrons. The van der Waals surface area contributed by atoms with E-state index in [1.807, 2.05) is 5.38 Å². The van der Waals surface area contributed by atoms with Crippen LogP contribution < -0.4 is 5.32 Å². The van der Waals surface area contributed by atoms with Crippen molar-refractivity contribution in [3.8, 4) is 0 Å². The van der Waals surface area contributed by atoms with Crippen LogP contribution in [0.3, 0.4) is 0 Å². The lowest BCUT2D eigenvalue weighted by molar-refractivity contribution is -0.122. The zero-order chi connectivity index (χ0) is 13.8. The third-order valence-electron chi connectivity index (χ3n) is 3.42. The Morgan fingerprint density at radius 2 is 2.45 bits per heavy atom. The third-order valence-corrected chi connectivity index (χ3v) is 4.26. The Kier molecular flexibility index (Phi) is 4.00. The van der Waals surface area contributed by atoms with Crippen LogP contribution in [-0.4, -0.2) is 37.6 Å². The maximum Gasteiger partial charge on any atom is 0.230 e. The van der Waals surface area contributed by atoms with E-state index in [4.69, 9.17) is 0 Å². The number of rotatable bonds is 4. The van der Waals surface area contributed by atoms with Crippen LogP contribution in [0.15, 0.2) is 11.6 Å². The molecule has 20 heavy (non-hydrogen) atoms. The predicted molar refractivity (Wildman–Crippen MR) is 73.2 cm³/mol. The number of carbonyl (C=O) groups excluding carboxylic acids is 1. The summed E-state index contributed by atoms with van der Waals surface area (Å²) in [5.41, 5.74) is 0. The Bertz CT molecular complexity index is 566. The first-order valence-electron chi connectivity index (χ1n) is 6.77. The fraction of sp³-hybridized carbons (Fsp3) is 0.583. The second kappa shape index (κ2) is 6.08. The summed E-state index contributed by atoms with van der Waals surface area (Å²) in [6, 6.07) is 0. The Hall–Kier alpha value is -1.83. The number of aromatic nitrogens is 5. The summed E-state index contributed by atoms with van der Waals surface area (Å²) in [5.74, 6) is 0.470. The van der Waals surface area contributed by atoms with E-state index >= 15 is 0 Å². The quantitative estimate of drug-likeness (QED) is 0.899. The van der Waals surface area contributed by atoms with Crippen molar-refractivity contribution in [2.45, 2.75) is 38.1 Å². The van der Waals surface area contributed by atoms with Gasteiger partial charge in [0.1, 0.15) is 0 Å². The van der Waals surface area contributed by atoms with Crippen molar-refractivity contribution in [1.29, 1.82) is 0 Å². The van der Waals surface area contributed by atoms with Gasteiger partial charge in [0, 0.05) is 31.1 Å². The number of tetrazole rings is 1. The molecule has 3 rings (SSSR count). The van der Waals surface area contributed by atoms with E-state index in [9.17, 15) is 4.79 Å². The highest BCUT2D eigenvalue weighted by Gasteiger charge is 2.28. The Balaban J connectivity index is 1.59. The van der Waals surface area contributed by atoms with Gasteiger partial charge in [0.05, 0.1) is 10.9 Å². The summed E-state index contributed by atoms with van der Waals surface area (Å²) in [7, 11) is 0. The number of thiazole rings is 1. The lowest BCUT2D eigenvalue weighted by Gasteiger charge is -2.12. The van der Waals surface area contributed by atoms with E-state index in [-0.39, 0.29) is 11.8 Å². The van der Waals surface area contributed by atoms with Crippen LogP contribution in [0.25, 0.3) is 0 Å². The van der Waals surface area contributed by atoms with Crippen molar-refractivity contribution in [3.05, 3.63) is 22.4 Å². The van der Waals surface area contributed by atoms with E-state index in [1.54, 1.807) is 22.2 Å². The highest BCUT2D eigenvalue weighted by molar-refractivity contribution is 7.09. The molecule has 8 heteroatoms. The first-order chi connectivity index (χ1) is 9.84. The monoisotopic (exact) mass is 292 g/mol. The Labute approximate surface area is 120 Å². The van der Waals surface area contributed by atoms with Gasteiger partial charge in [0.25, 0.3) is 0 Å². The zero-order valence-corrected chi connectivity index (χ0v) is 11.8. The minimum atomic E-state index is -0.233. The number of fused-ring (bicyclic) bond motifs is 1. The fourth-order valence-corrected chi connectivity index (χ4v) is 3.02. The van der Waals surface area contributed by atoms with E-state index < -0.39 is 0 Å². The van der Waals surface area contributed by atoms with Crippen LogP contribution >= 0.6 is 11.3 Å². The molecule has 7 nitrogen and oxygen atoms in total. The normalized spacial score (nSPS) is 18.3. The van der Waals surface area contributed by atoms with E-state index in [0.717, 1.165) is 37.2 Å². The Morgan fingerprint density at radius 1 is 1.50 bits per heavy atom. The summed E-state index contributed by atoms with van der Waals surface area (Å²) < 4.78 is 1.75. The van der Waals surface area contributed by atoms with Crippen LogP contribution in [0, 0.1) is 0 Å². The summed E-state index contributed by atoms with van der Waals surface area (Å²) in [6.45, 7) is 1.40. The van der Waals surface area contributed by atoms with Crippen molar-refractivity contribution in [2.75, 3.05) is 6.54 Å². The molecule has 1 N–H and O–H groups in total. The van der Waals surface area contributed by atoms with Gasteiger partial charge in [0.15, 0.2) is 5.82 Å². The molecular weight excluding hydrogens is 276 g/mol. The van der Waals surface area contributed by atoms with Gasteiger partial charge in [0.2, 0.25) is 5.91 Å². The van der Waals surface area contributed by atoms with Crippen molar-refractivity contribution in [3.63, 3.8) is 0 Å². The molecule has 0 fully saturated rings. The summed E-state index contributed by atoms with van der Waals surface area (Å²) in [4.78, 5) is 16.5. The van der Waals surface area contributed by atoms with Gasteiger partial charge < -0.3 is 5.32 Å². The Morgan fingerprint density at radius 3 is 3.30 bits per heavy atom. The van der Waals surface area contributed by atoms with Crippen molar-refractivity contribution in [1.82, 2.24) is 30.5 Å². The van der Waals surface area contributed by atoms with Crippen LogP contribution in [0.1, 0.15) is 36.0 Å². The first kappa shape index (κ1) is 13.2. The molecule has 1 aliphatic heterocycles. The minimum Gasteiger partial charge on any atom is -0.355 e. The lowest BCUT2D eigenvalue weighted by Crippen LogP contribution is -2.32. The minimum absolute atomic E-state index is 0.0134. The number of aryl methyl sites for hydroxylation is 1. The zero-order valence-electron chi connectivity index (χ0n) is 11.0. The number of hydrogen-bond donors (Lipinski definition) is 1. The summed E-state index contributed by atoms with van der Waals surface area (Å²) in [5, 5.41) is 17.6. The smallest absolute Gasteiger partial charge is 0.230 e. The van der Waals surface area contributed by atoms with Gasteiger partial charge in [-0.25, -0.2) is 9.67 Å². The average Bonchev–Trinajstić information content (AvgIpc) is 3.08. The highest BCUT2D eigenvalue weighted by atomic mass is 32.1. The van der Waals surface area contributed by atoms with Crippen molar-refractivity contribution < 1.29 is 4.79 Å². The number of hydrogen-bond acceptors (Lipinski definition) is 6. The molecular formula is C12H16N6OS. The van der Waals surface area contributed by atoms with Gasteiger partial charge in [-0.2, -0.15) is 0 Å². The molecule has 0 saturated heterocycles. The fourth-order valence-electron chi connectivity index (χ4n) is 2.40. The van der Waals surface area contributed by atoms with Crippen LogP contribution in [0.4, 0.5) is 0 Å². The van der Waals surface area contributed by atoms with E-state index in [1.165, 1.54) is 0 Å². The number of carbonyl (C=O) groups is 1. The molecule has 2 aromatic heterocycles. The number of amides is 1. The van der Waals surface area contributed by atoms with Gasteiger partial charge in [-0.05, 0) is 23.3 Å². The molecule has 1 aliphatic rings. The standard InChI is InChI=1S/C12H16N6OS/c19-12(14-5-4-10-13-6-8-20-10)9-3-1-2-7-18-11(9)15-16-17-18/h6,8-9H,1-5,7H2,(H,14,19)/t9-/m0/s1. The molecule has 1 atom stereocenters. The van der Waals surface area contributed by atoms with Gasteiger partial charge in [-0.15, -0.1) is 16.4 Å². The van der Waals surface area contributed by atoms with Gasteiger partial charge in [-0.3, -0.25) is 4.79 Å². The molecule has 0 aromatic carbocycles. The lowest BCUT2D eigenvalue weighted by atomic mass is 10.0. The van der Waals surface area contributed by atoms with E-state index in [2.05, 4.69) is 25.8 Å². The largest absolute Gasteiger partial charge is 0.355 e. The molecule has 0 unspecified atom stereocenters. The van der Waals surface area contributed by atoms with Gasteiger partial charge in [-0.1, -0.05) is 6.42 Å². The summed E-state index contributed by atoms with van der Waals surface area (Å²) in [6.07, 6.45) is 5.38. The van der Waals surface area contributed by atoms with Crippen molar-refractivity contribution in [2.24, 2.45) is 0 Å². The number of nitrogens with one attached hydrogen (secondary N) is 1. The highest BCUT2D eigenvalue weighted by Crippen LogP contribution is 2.23. The second-order valence-electron chi connectivity index (χ2n) is 4.78. The molecule has 106 valence electrons. The predicted octanol–water partition coefficient (Wildman–Crippen LogP) is 0.756. The molecule has 0 spiro atoms. The van der Waals surface area contributed by atoms with Gasteiger partial charge >= 0.3 is 0 Å². The van der Waals surface area contributed by atoms with E-state index in [0.29, 0.717) is 12.4 Å². The molecule has 0 bridgehead atoms. The molecule has 0 saturated carbocycles. The SMILES string of the molecule is O=C(NCCc1nccs1)[C@H]1CCCCn2nnnc21. The van der Waals surface area contributed by atoms with Crippen LogP contribution in [-0.2, 0) is 17.8 Å². The maximum absolute atomic E-state index is 12.3. The topological polar surface area (TPSA) is 85.6 Å². The number of nitrogens with zero attached hydrogens (tertiary/aromatic N) is 5. The molecule has 0 aliphatic carbocycles. The molecule has 1 amide bonds. The maximum atomic E-state index is 12.3. The third kappa shape index (κ3) is 2.84. The average molecular weight is 292 g/mol. The van der Waals surface area contributed by atoms with Crippen LogP contribution in [0.5, 0.6) is 0 Å². The molecule has 2 aromatic rings. The first-order valence-corrected chi connectivity index (χ1v) is 7.64. The second-order valence-corrected chi connectivity index (χ2v) is 5.75. The van der Waals surface area contributed by atoms with Crippen LogP contribution in [0.2, 0.25) is 0 Å². The van der Waals surface area contributed by atoms with Crippen molar-refractivity contribution >= 4 is 17.2 Å².